The topological polar surface area (TPSA) is 86.2 Å². The van der Waals surface area contributed by atoms with E-state index in [0.717, 1.165) is 46.3 Å². The van der Waals surface area contributed by atoms with Gasteiger partial charge in [0, 0.05) is 11.4 Å². The molecule has 0 aromatic heterocycles. The second-order valence-corrected chi connectivity index (χ2v) is 5.43. The van der Waals surface area contributed by atoms with E-state index in [9.17, 15) is 9.59 Å². The van der Waals surface area contributed by atoms with Gasteiger partial charge in [-0.3, -0.25) is 0 Å². The molecule has 1 unspecified atom stereocenters. The average molecular weight is 430 g/mol. The minimum atomic E-state index is -0.169. The molecule has 2 rings (SSSR count). The number of carbonyl (C=O) groups excluding carboxylic acids is 2. The number of carbonyl (C=O) groups is 1. The number of hydrogen-bond acceptors (Lipinski definition) is 4. The number of ketones is 1. The van der Waals surface area contributed by atoms with Crippen LogP contribution in [0.2, 0.25) is 0 Å². The monoisotopic (exact) mass is 430 g/mol. The van der Waals surface area contributed by atoms with Crippen LogP contribution in [0.5, 0.6) is 0 Å². The zero-order valence-corrected chi connectivity index (χ0v) is 18.3. The molecule has 25 heavy (non-hydrogen) atoms. The van der Waals surface area contributed by atoms with Crippen LogP contribution in [0.15, 0.2) is 42.5 Å². The number of rotatable bonds is 4. The molecule has 0 aliphatic carbocycles. The van der Waals surface area contributed by atoms with E-state index in [1.807, 2.05) is 25.1 Å². The van der Waals surface area contributed by atoms with Crippen LogP contribution >= 0.6 is 4.77 Å². The molecule has 130 valence electrons. The molecule has 0 saturated carbocycles. The number of Topliss-reactive ketones (excluding diaryl/α,β-unsaturated/α-hetero) is 1. The van der Waals surface area contributed by atoms with Crippen LogP contribution in [0.25, 0.3) is 0 Å². The molecule has 0 amide bonds. The molecule has 0 bridgehead atoms. The fraction of sp³-hybridized carbons (Fsp3) is 0.211. The molecule has 2 aromatic carbocycles. The Morgan fingerprint density at radius 3 is 2.20 bits per heavy atom. The predicted molar refractivity (Wildman–Crippen MR) is 101 cm³/mol. The zero-order valence-electron chi connectivity index (χ0n) is 14.5. The molecule has 0 saturated heterocycles. The first-order chi connectivity index (χ1) is 11.8. The third-order valence-corrected chi connectivity index (χ3v) is 3.43. The van der Waals surface area contributed by atoms with Gasteiger partial charge in [-0.05, 0) is 37.5 Å². The molecule has 1 atom stereocenters. The van der Waals surface area contributed by atoms with Gasteiger partial charge in [-0.2, -0.15) is 17.7 Å². The van der Waals surface area contributed by atoms with Crippen LogP contribution in [0, 0.1) is 19.8 Å². The van der Waals surface area contributed by atoms with Crippen molar-refractivity contribution in [2.45, 2.75) is 20.3 Å². The summed E-state index contributed by atoms with van der Waals surface area (Å²) in [6.45, 7) is 7.32. The summed E-state index contributed by atoms with van der Waals surface area (Å²) in [5, 5.41) is 0. The van der Waals surface area contributed by atoms with E-state index in [1.165, 1.54) is 0 Å². The van der Waals surface area contributed by atoms with E-state index in [1.54, 1.807) is 37.5 Å². The molecule has 4 nitrogen and oxygen atoms in total. The summed E-state index contributed by atoms with van der Waals surface area (Å²) in [6.07, 6.45) is 2.42. The van der Waals surface area contributed by atoms with Crippen molar-refractivity contribution < 1.29 is 39.1 Å². The number of nitrogen functional groups attached to an aromatic ring is 2. The van der Waals surface area contributed by atoms with Crippen LogP contribution in [0.1, 0.15) is 23.6 Å². The van der Waals surface area contributed by atoms with Crippen LogP contribution in [0.3, 0.4) is 0 Å². The maximum atomic E-state index is 11.0. The van der Waals surface area contributed by atoms with Crippen molar-refractivity contribution in [3.05, 3.63) is 66.1 Å². The summed E-state index contributed by atoms with van der Waals surface area (Å²) in [7, 11) is 0. The molecule has 0 aliphatic rings. The van der Waals surface area contributed by atoms with Crippen molar-refractivity contribution in [1.29, 1.82) is 0 Å². The number of benzene rings is 2. The number of aryl methyl sites for hydroxylation is 1. The first kappa shape index (κ1) is 23.9. The predicted octanol–water partition coefficient (Wildman–Crippen LogP) is 3.74. The molecule has 6 heteroatoms. The van der Waals surface area contributed by atoms with E-state index in [4.69, 9.17) is 11.5 Å². The van der Waals surface area contributed by atoms with Crippen molar-refractivity contribution in [3.63, 3.8) is 0 Å². The Morgan fingerprint density at radius 2 is 1.76 bits per heavy atom. The standard InChI is InChI=1S/C12H16NO.C7H6NO.P.Y/c1-8-4-5-11(7-12(8)13)6-9(2)10(3)14;8-7-3-1-6(5-9)2-4-7;;/h4-5,7,9H,2,6,13H2,1,3H3;1-4H,8H2;;/q2*-1;;. The fourth-order valence-corrected chi connectivity index (χ4v) is 1.80. The van der Waals surface area contributed by atoms with E-state index in [-0.39, 0.29) is 11.7 Å². The first-order valence-electron chi connectivity index (χ1n) is 7.51. The number of hydrogen-bond donors (Lipinski definition) is 2. The molecule has 4 N–H and O–H groups in total. The third-order valence-electron chi connectivity index (χ3n) is 3.43. The molecule has 0 aliphatic heterocycles. The van der Waals surface area contributed by atoms with Gasteiger partial charge < -0.3 is 28.0 Å². The van der Waals surface area contributed by atoms with Crippen molar-refractivity contribution in [2.24, 2.45) is 5.92 Å². The van der Waals surface area contributed by atoms with E-state index in [0.29, 0.717) is 17.7 Å². The van der Waals surface area contributed by atoms with Crippen molar-refractivity contribution in [2.75, 3.05) is 11.5 Å². The Balaban J connectivity index is 0.000000451. The quantitative estimate of drug-likeness (QED) is 0.440. The summed E-state index contributed by atoms with van der Waals surface area (Å²) in [6, 6.07) is 12.5. The first-order valence-corrected chi connectivity index (χ1v) is 11.8. The Kier molecular flexibility index (Phi) is 12.6. The Morgan fingerprint density at radius 1 is 1.20 bits per heavy atom. The van der Waals surface area contributed by atoms with Gasteiger partial charge in [-0.25, -0.2) is 0 Å². The van der Waals surface area contributed by atoms with Crippen molar-refractivity contribution in [3.8, 4) is 0 Å². The van der Waals surface area contributed by atoms with Gasteiger partial charge in [0.25, 0.3) is 0 Å². The molecule has 0 heterocycles. The zero-order chi connectivity index (χ0) is 19.4. The summed E-state index contributed by atoms with van der Waals surface area (Å²) in [5.74, 6) is -0.0544. The Hall–Kier alpha value is -1.09. The van der Waals surface area contributed by atoms with Crippen molar-refractivity contribution in [1.82, 2.24) is 0 Å². The number of nitrogens with two attached hydrogens (primary N) is 2. The summed E-state index contributed by atoms with van der Waals surface area (Å²) in [4.78, 5) is 21.0. The minimum absolute atomic E-state index is 0.115. The van der Waals surface area contributed by atoms with E-state index >= 15 is 0 Å². The maximum absolute atomic E-state index is 11.0. The van der Waals surface area contributed by atoms with Gasteiger partial charge >= 0.3 is 34.2 Å². The molecular weight excluding hydrogens is 408 g/mol. The second-order valence-electron chi connectivity index (χ2n) is 5.43. The SMILES string of the molecule is Nc1ccc([C-]=O)cc1.[CH2-]C(Cc1ccc(C)c(N)c1)C(C)=O.[P]#[Y]. The van der Waals surface area contributed by atoms with Gasteiger partial charge in [-0.1, -0.05) is 24.3 Å². The van der Waals surface area contributed by atoms with Crippen LogP contribution in [0.4, 0.5) is 11.4 Å². The van der Waals surface area contributed by atoms with Crippen LogP contribution in [-0.2, 0) is 45.5 Å². The fourth-order valence-electron chi connectivity index (χ4n) is 1.80. The molecule has 0 radical (unpaired) electrons. The van der Waals surface area contributed by atoms with Gasteiger partial charge in [-0.15, -0.1) is 5.92 Å². The van der Waals surface area contributed by atoms with Crippen LogP contribution < -0.4 is 11.5 Å². The average Bonchev–Trinajstić information content (AvgIpc) is 2.61. The summed E-state index contributed by atoms with van der Waals surface area (Å²) in [5.41, 5.74) is 15.2. The van der Waals surface area contributed by atoms with E-state index in [2.05, 4.69) is 11.7 Å². The van der Waals surface area contributed by atoms with Gasteiger partial charge in [0.2, 0.25) is 0 Å². The molecule has 0 fully saturated rings. The number of anilines is 2. The Labute approximate surface area is 170 Å². The van der Waals surface area contributed by atoms with E-state index < -0.39 is 0 Å². The van der Waals surface area contributed by atoms with Crippen LogP contribution in [-0.4, -0.2) is 12.1 Å². The third kappa shape index (κ3) is 9.84. The molecular formula is C19H22N2O2PY-2. The normalized spacial score (nSPS) is 10.4. The Bertz CT molecular complexity index is 715. The van der Waals surface area contributed by atoms with Gasteiger partial charge in [0.15, 0.2) is 0 Å². The van der Waals surface area contributed by atoms with Crippen molar-refractivity contribution >= 4 is 28.2 Å². The molecule has 0 spiro atoms. The molecule has 2 aromatic rings. The summed E-state index contributed by atoms with van der Waals surface area (Å²) >= 11 is 1.04. The second kappa shape index (κ2) is 13.2. The summed E-state index contributed by atoms with van der Waals surface area (Å²) < 4.78 is 3.66. The van der Waals surface area contributed by atoms with Gasteiger partial charge in [0.1, 0.15) is 5.78 Å². The van der Waals surface area contributed by atoms with Gasteiger partial charge in [0.05, 0.1) is 6.29 Å².